The lowest BCUT2D eigenvalue weighted by Gasteiger charge is -2.13. The third kappa shape index (κ3) is 3.04. The standard InChI is InChI=1S/C15H15NO3/c1-2-19-14-10-6-5-9-13(14)16-12-8-4-3-7-11(12)15(17)18/h3-10,16H,2H2,1H3,(H,17,18). The highest BCUT2D eigenvalue weighted by molar-refractivity contribution is 5.95. The molecule has 0 radical (unpaired) electrons. The topological polar surface area (TPSA) is 58.6 Å². The van der Waals surface area contributed by atoms with Crippen molar-refractivity contribution >= 4 is 17.3 Å². The Kier molecular flexibility index (Phi) is 4.03. The Morgan fingerprint density at radius 1 is 1.11 bits per heavy atom. The number of carbonyl (C=O) groups is 1. The van der Waals surface area contributed by atoms with Crippen LogP contribution in [-0.4, -0.2) is 17.7 Å². The SMILES string of the molecule is CCOc1ccccc1Nc1ccccc1C(=O)O. The van der Waals surface area contributed by atoms with E-state index in [4.69, 9.17) is 9.84 Å². The second kappa shape index (κ2) is 5.91. The molecule has 98 valence electrons. The van der Waals surface area contributed by atoms with Gasteiger partial charge in [0.25, 0.3) is 0 Å². The van der Waals surface area contributed by atoms with Crippen LogP contribution in [0.2, 0.25) is 0 Å². The highest BCUT2D eigenvalue weighted by atomic mass is 16.5. The Labute approximate surface area is 111 Å². The van der Waals surface area contributed by atoms with Gasteiger partial charge in [0.2, 0.25) is 0 Å². The monoisotopic (exact) mass is 257 g/mol. The number of ether oxygens (including phenoxy) is 1. The minimum Gasteiger partial charge on any atom is -0.492 e. The number of benzene rings is 2. The Morgan fingerprint density at radius 2 is 1.74 bits per heavy atom. The summed E-state index contributed by atoms with van der Waals surface area (Å²) >= 11 is 0. The first-order valence-corrected chi connectivity index (χ1v) is 6.03. The average Bonchev–Trinajstić information content (AvgIpc) is 2.42. The van der Waals surface area contributed by atoms with Gasteiger partial charge in [-0.3, -0.25) is 0 Å². The zero-order valence-electron chi connectivity index (χ0n) is 10.6. The number of hydrogen-bond donors (Lipinski definition) is 2. The van der Waals surface area contributed by atoms with E-state index in [9.17, 15) is 4.79 Å². The zero-order valence-corrected chi connectivity index (χ0v) is 10.6. The summed E-state index contributed by atoms with van der Waals surface area (Å²) in [4.78, 5) is 11.2. The van der Waals surface area contributed by atoms with Gasteiger partial charge in [-0.25, -0.2) is 4.79 Å². The quantitative estimate of drug-likeness (QED) is 0.860. The lowest BCUT2D eigenvalue weighted by molar-refractivity contribution is 0.0698. The van der Waals surface area contributed by atoms with Crippen LogP contribution in [0.5, 0.6) is 5.75 Å². The van der Waals surface area contributed by atoms with Gasteiger partial charge >= 0.3 is 5.97 Å². The fourth-order valence-electron chi connectivity index (χ4n) is 1.77. The molecule has 0 bridgehead atoms. The summed E-state index contributed by atoms with van der Waals surface area (Å²) in [5, 5.41) is 12.2. The second-order valence-electron chi connectivity index (χ2n) is 3.90. The summed E-state index contributed by atoms with van der Waals surface area (Å²) in [6.45, 7) is 2.46. The Hall–Kier alpha value is -2.49. The first-order chi connectivity index (χ1) is 9.22. The number of aromatic carboxylic acids is 1. The van der Waals surface area contributed by atoms with Gasteiger partial charge in [-0.2, -0.15) is 0 Å². The van der Waals surface area contributed by atoms with Crippen molar-refractivity contribution in [2.75, 3.05) is 11.9 Å². The molecule has 0 aliphatic rings. The van der Waals surface area contributed by atoms with E-state index in [2.05, 4.69) is 5.32 Å². The van der Waals surface area contributed by atoms with Gasteiger partial charge in [-0.1, -0.05) is 24.3 Å². The molecule has 4 nitrogen and oxygen atoms in total. The molecule has 0 saturated heterocycles. The van der Waals surface area contributed by atoms with E-state index >= 15 is 0 Å². The van der Waals surface area contributed by atoms with Gasteiger partial charge in [0.1, 0.15) is 5.75 Å². The highest BCUT2D eigenvalue weighted by Gasteiger charge is 2.10. The molecule has 0 aliphatic heterocycles. The normalized spacial score (nSPS) is 9.95. The number of anilines is 2. The fraction of sp³-hybridized carbons (Fsp3) is 0.133. The molecule has 2 rings (SSSR count). The summed E-state index contributed by atoms with van der Waals surface area (Å²) in [6, 6.07) is 14.2. The fourth-order valence-corrected chi connectivity index (χ4v) is 1.77. The first-order valence-electron chi connectivity index (χ1n) is 6.03. The van der Waals surface area contributed by atoms with Gasteiger partial charge in [0.05, 0.1) is 23.5 Å². The minimum atomic E-state index is -0.961. The van der Waals surface area contributed by atoms with E-state index in [-0.39, 0.29) is 5.56 Å². The Balaban J connectivity index is 2.34. The third-order valence-electron chi connectivity index (χ3n) is 2.61. The molecular weight excluding hydrogens is 242 g/mol. The summed E-state index contributed by atoms with van der Waals surface area (Å²) < 4.78 is 5.50. The van der Waals surface area contributed by atoms with E-state index in [0.717, 1.165) is 5.69 Å². The van der Waals surface area contributed by atoms with Crippen molar-refractivity contribution in [3.8, 4) is 5.75 Å². The molecule has 0 aromatic heterocycles. The average molecular weight is 257 g/mol. The van der Waals surface area contributed by atoms with Crippen LogP contribution < -0.4 is 10.1 Å². The number of nitrogens with one attached hydrogen (secondary N) is 1. The predicted octanol–water partition coefficient (Wildman–Crippen LogP) is 3.53. The van der Waals surface area contributed by atoms with E-state index in [1.54, 1.807) is 24.3 Å². The van der Waals surface area contributed by atoms with E-state index in [1.165, 1.54) is 0 Å². The molecule has 0 aliphatic carbocycles. The molecule has 0 heterocycles. The van der Waals surface area contributed by atoms with Gasteiger partial charge in [0.15, 0.2) is 0 Å². The lowest BCUT2D eigenvalue weighted by atomic mass is 10.1. The molecule has 0 spiro atoms. The molecule has 2 aromatic carbocycles. The number of para-hydroxylation sites is 3. The van der Waals surface area contributed by atoms with Crippen LogP contribution in [0.1, 0.15) is 17.3 Å². The third-order valence-corrected chi connectivity index (χ3v) is 2.61. The van der Waals surface area contributed by atoms with E-state index in [0.29, 0.717) is 18.0 Å². The van der Waals surface area contributed by atoms with Gasteiger partial charge in [-0.05, 0) is 31.2 Å². The largest absolute Gasteiger partial charge is 0.492 e. The summed E-state index contributed by atoms with van der Waals surface area (Å²) in [7, 11) is 0. The van der Waals surface area contributed by atoms with Crippen molar-refractivity contribution in [2.45, 2.75) is 6.92 Å². The van der Waals surface area contributed by atoms with Gasteiger partial charge in [0, 0.05) is 0 Å². The predicted molar refractivity (Wildman–Crippen MR) is 74.3 cm³/mol. The van der Waals surface area contributed by atoms with Crippen LogP contribution in [0, 0.1) is 0 Å². The molecule has 0 amide bonds. The number of carboxylic acids is 1. The smallest absolute Gasteiger partial charge is 0.337 e. The second-order valence-corrected chi connectivity index (χ2v) is 3.90. The van der Waals surface area contributed by atoms with Crippen molar-refractivity contribution in [1.82, 2.24) is 0 Å². The molecule has 0 saturated carbocycles. The Morgan fingerprint density at radius 3 is 2.42 bits per heavy atom. The van der Waals surface area contributed by atoms with Crippen LogP contribution in [0.25, 0.3) is 0 Å². The molecule has 0 unspecified atom stereocenters. The zero-order chi connectivity index (χ0) is 13.7. The maximum absolute atomic E-state index is 11.2. The van der Waals surface area contributed by atoms with Crippen LogP contribution in [-0.2, 0) is 0 Å². The van der Waals surface area contributed by atoms with Gasteiger partial charge < -0.3 is 15.2 Å². The van der Waals surface area contributed by atoms with E-state index < -0.39 is 5.97 Å². The lowest BCUT2D eigenvalue weighted by Crippen LogP contribution is -2.03. The maximum Gasteiger partial charge on any atom is 0.337 e. The number of rotatable bonds is 5. The minimum absolute atomic E-state index is 0.230. The molecule has 0 fully saturated rings. The highest BCUT2D eigenvalue weighted by Crippen LogP contribution is 2.28. The summed E-state index contributed by atoms with van der Waals surface area (Å²) in [6.07, 6.45) is 0. The molecule has 2 aromatic rings. The molecular formula is C15H15NO3. The van der Waals surface area contributed by atoms with Crippen molar-refractivity contribution in [3.05, 3.63) is 54.1 Å². The summed E-state index contributed by atoms with van der Waals surface area (Å²) in [5.74, 6) is -0.262. The van der Waals surface area contributed by atoms with Crippen LogP contribution in [0.3, 0.4) is 0 Å². The van der Waals surface area contributed by atoms with Crippen molar-refractivity contribution < 1.29 is 14.6 Å². The molecule has 2 N–H and O–H groups in total. The van der Waals surface area contributed by atoms with Crippen molar-refractivity contribution in [3.63, 3.8) is 0 Å². The van der Waals surface area contributed by atoms with Crippen LogP contribution >= 0.6 is 0 Å². The van der Waals surface area contributed by atoms with Crippen molar-refractivity contribution in [2.24, 2.45) is 0 Å². The van der Waals surface area contributed by atoms with Crippen LogP contribution in [0.15, 0.2) is 48.5 Å². The van der Waals surface area contributed by atoms with Crippen LogP contribution in [0.4, 0.5) is 11.4 Å². The van der Waals surface area contributed by atoms with E-state index in [1.807, 2.05) is 31.2 Å². The number of carboxylic acid groups (broad SMARTS) is 1. The van der Waals surface area contributed by atoms with Gasteiger partial charge in [-0.15, -0.1) is 0 Å². The van der Waals surface area contributed by atoms with Crippen molar-refractivity contribution in [1.29, 1.82) is 0 Å². The molecule has 4 heteroatoms. The molecule has 0 atom stereocenters. The molecule has 19 heavy (non-hydrogen) atoms. The first kappa shape index (κ1) is 13.0. The Bertz CT molecular complexity index is 581. The number of hydrogen-bond acceptors (Lipinski definition) is 3. The summed E-state index contributed by atoms with van der Waals surface area (Å²) in [5.41, 5.74) is 1.52. The maximum atomic E-state index is 11.2.